The van der Waals surface area contributed by atoms with Crippen LogP contribution in [-0.4, -0.2) is 44.6 Å². The van der Waals surface area contributed by atoms with E-state index < -0.39 is 33.4 Å². The zero-order valence-electron chi connectivity index (χ0n) is 14.3. The summed E-state index contributed by atoms with van der Waals surface area (Å²) < 4.78 is 5.34. The average Bonchev–Trinajstić information content (AvgIpc) is 2.92. The third kappa shape index (κ3) is 3.71. The van der Waals surface area contributed by atoms with E-state index in [4.69, 9.17) is 10.5 Å². The fourth-order valence-corrected chi connectivity index (χ4v) is 4.20. The van der Waals surface area contributed by atoms with Crippen LogP contribution in [-0.2, 0) is 9.53 Å². The van der Waals surface area contributed by atoms with Gasteiger partial charge in [-0.1, -0.05) is 30.3 Å². The number of benzene rings is 1. The van der Waals surface area contributed by atoms with Crippen LogP contribution < -0.4 is 5.73 Å². The van der Waals surface area contributed by atoms with Crippen LogP contribution in [0.15, 0.2) is 30.3 Å². The van der Waals surface area contributed by atoms with E-state index in [-0.39, 0.29) is 6.54 Å². The van der Waals surface area contributed by atoms with E-state index in [0.29, 0.717) is 11.3 Å². The first-order chi connectivity index (χ1) is 11.6. The number of amides is 2. The maximum absolute atomic E-state index is 12.6. The third-order valence-electron chi connectivity index (χ3n) is 3.70. The molecular weight excluding hydrogens is 346 g/mol. The van der Waals surface area contributed by atoms with E-state index in [1.807, 2.05) is 0 Å². The molecule has 0 spiro atoms. The second-order valence-corrected chi connectivity index (χ2v) is 7.96. The Morgan fingerprint density at radius 3 is 2.44 bits per heavy atom. The van der Waals surface area contributed by atoms with Crippen molar-refractivity contribution in [2.45, 2.75) is 37.3 Å². The Morgan fingerprint density at radius 2 is 1.96 bits per heavy atom. The minimum atomic E-state index is -1.84. The van der Waals surface area contributed by atoms with E-state index in [1.165, 1.54) is 0 Å². The van der Waals surface area contributed by atoms with Crippen molar-refractivity contribution >= 4 is 23.8 Å². The smallest absolute Gasteiger partial charge is 0.412 e. The van der Waals surface area contributed by atoms with Crippen molar-refractivity contribution in [1.29, 1.82) is 0 Å². The van der Waals surface area contributed by atoms with Gasteiger partial charge in [0.05, 0.1) is 0 Å². The van der Waals surface area contributed by atoms with Crippen LogP contribution in [0.1, 0.15) is 32.4 Å². The van der Waals surface area contributed by atoms with Crippen LogP contribution in [0.2, 0.25) is 0 Å². The monoisotopic (exact) mass is 367 g/mol. The van der Waals surface area contributed by atoms with Crippen molar-refractivity contribution in [3.8, 4) is 0 Å². The molecule has 2 rings (SSSR count). The van der Waals surface area contributed by atoms with Crippen molar-refractivity contribution in [1.82, 2.24) is 4.90 Å². The molecule has 2 amide bonds. The van der Waals surface area contributed by atoms with Crippen molar-refractivity contribution in [3.05, 3.63) is 46.0 Å². The molecular formula is C16H21N3O5S. The number of carbonyl (C=O) groups is 2. The molecule has 1 aliphatic rings. The SMILES string of the molecule is CC(C)(C)OC(=O)N1CCSC1(C(N)=O)C(c1ccccc1)[N+](=O)[O-]. The van der Waals surface area contributed by atoms with Crippen molar-refractivity contribution in [3.63, 3.8) is 0 Å². The highest BCUT2D eigenvalue weighted by atomic mass is 32.2. The van der Waals surface area contributed by atoms with Crippen molar-refractivity contribution in [2.24, 2.45) is 5.73 Å². The van der Waals surface area contributed by atoms with Crippen LogP contribution >= 0.6 is 11.8 Å². The van der Waals surface area contributed by atoms with Crippen LogP contribution in [0.4, 0.5) is 4.79 Å². The molecule has 0 bridgehead atoms. The average molecular weight is 367 g/mol. The zero-order valence-corrected chi connectivity index (χ0v) is 15.1. The number of hydrogen-bond donors (Lipinski definition) is 1. The molecule has 0 radical (unpaired) electrons. The molecule has 1 aliphatic heterocycles. The Morgan fingerprint density at radius 1 is 1.36 bits per heavy atom. The van der Waals surface area contributed by atoms with Crippen molar-refractivity contribution < 1.29 is 19.2 Å². The Balaban J connectivity index is 2.53. The van der Waals surface area contributed by atoms with Gasteiger partial charge in [-0.3, -0.25) is 19.8 Å². The van der Waals surface area contributed by atoms with Crippen LogP contribution in [0.25, 0.3) is 0 Å². The maximum atomic E-state index is 12.6. The van der Waals surface area contributed by atoms with Gasteiger partial charge in [0.2, 0.25) is 4.87 Å². The quantitative estimate of drug-likeness (QED) is 0.644. The van der Waals surface area contributed by atoms with E-state index in [9.17, 15) is 19.7 Å². The Kier molecular flexibility index (Phi) is 5.26. The van der Waals surface area contributed by atoms with Crippen LogP contribution in [0, 0.1) is 10.1 Å². The molecule has 1 fully saturated rings. The molecule has 136 valence electrons. The normalized spacial score (nSPS) is 21.6. The van der Waals surface area contributed by atoms with E-state index in [1.54, 1.807) is 51.1 Å². The highest BCUT2D eigenvalue weighted by Crippen LogP contribution is 2.47. The van der Waals surface area contributed by atoms with Gasteiger partial charge in [0.1, 0.15) is 5.60 Å². The molecule has 1 heterocycles. The summed E-state index contributed by atoms with van der Waals surface area (Å²) in [4.78, 5) is 35.5. The number of ether oxygens (including phenoxy) is 1. The van der Waals surface area contributed by atoms with Gasteiger partial charge in [-0.15, -0.1) is 11.8 Å². The summed E-state index contributed by atoms with van der Waals surface area (Å²) in [6.45, 7) is 5.19. The highest BCUT2D eigenvalue weighted by Gasteiger charge is 2.62. The molecule has 0 aromatic heterocycles. The topological polar surface area (TPSA) is 116 Å². The number of primary amides is 1. The minimum absolute atomic E-state index is 0.139. The Labute approximate surface area is 149 Å². The molecule has 1 saturated heterocycles. The fourth-order valence-electron chi connectivity index (χ4n) is 2.77. The lowest BCUT2D eigenvalue weighted by atomic mass is 9.97. The second kappa shape index (κ2) is 6.91. The lowest BCUT2D eigenvalue weighted by molar-refractivity contribution is -0.536. The van der Waals surface area contributed by atoms with Gasteiger partial charge in [0.15, 0.2) is 0 Å². The van der Waals surface area contributed by atoms with E-state index >= 15 is 0 Å². The standard InChI is InChI=1S/C16H21N3O5S/c1-15(2,3)24-14(21)18-9-10-25-16(18,13(17)20)12(19(22)23)11-7-5-4-6-8-11/h4-8,12H,9-10H2,1-3H3,(H2,17,20). The molecule has 1 aromatic carbocycles. The van der Waals surface area contributed by atoms with Crippen LogP contribution in [0.3, 0.4) is 0 Å². The molecule has 9 heteroatoms. The molecule has 2 unspecified atom stereocenters. The van der Waals surface area contributed by atoms with Gasteiger partial charge >= 0.3 is 6.09 Å². The van der Waals surface area contributed by atoms with Gasteiger partial charge < -0.3 is 10.5 Å². The van der Waals surface area contributed by atoms with Gasteiger partial charge in [0.25, 0.3) is 11.9 Å². The number of nitrogens with zero attached hydrogens (tertiary/aromatic N) is 2. The number of hydrogen-bond acceptors (Lipinski definition) is 6. The van der Waals surface area contributed by atoms with E-state index in [0.717, 1.165) is 16.7 Å². The maximum Gasteiger partial charge on any atom is 0.412 e. The van der Waals surface area contributed by atoms with Gasteiger partial charge in [0, 0.05) is 22.8 Å². The first-order valence-electron chi connectivity index (χ1n) is 7.72. The lowest BCUT2D eigenvalue weighted by Crippen LogP contribution is -2.60. The summed E-state index contributed by atoms with van der Waals surface area (Å²) in [5, 5.41) is 11.9. The number of rotatable bonds is 4. The predicted octanol–water partition coefficient (Wildman–Crippen LogP) is 2.17. The number of nitrogens with two attached hydrogens (primary N) is 1. The third-order valence-corrected chi connectivity index (χ3v) is 5.17. The molecule has 8 nitrogen and oxygen atoms in total. The number of carbonyl (C=O) groups excluding carboxylic acids is 2. The minimum Gasteiger partial charge on any atom is -0.444 e. The lowest BCUT2D eigenvalue weighted by Gasteiger charge is -2.36. The predicted molar refractivity (Wildman–Crippen MR) is 93.5 cm³/mol. The first kappa shape index (κ1) is 19.0. The number of nitro groups is 1. The molecule has 0 aliphatic carbocycles. The molecule has 0 saturated carbocycles. The highest BCUT2D eigenvalue weighted by molar-refractivity contribution is 8.01. The van der Waals surface area contributed by atoms with Gasteiger partial charge in [-0.2, -0.15) is 0 Å². The molecule has 2 atom stereocenters. The summed E-state index contributed by atoms with van der Waals surface area (Å²) in [6, 6.07) is 6.58. The second-order valence-electron chi connectivity index (χ2n) is 6.64. The summed E-state index contributed by atoms with van der Waals surface area (Å²) in [7, 11) is 0. The summed E-state index contributed by atoms with van der Waals surface area (Å²) in [6.07, 6.45) is -0.793. The largest absolute Gasteiger partial charge is 0.444 e. The Hall–Kier alpha value is -2.29. The van der Waals surface area contributed by atoms with Crippen LogP contribution in [0.5, 0.6) is 0 Å². The fraction of sp³-hybridized carbons (Fsp3) is 0.500. The van der Waals surface area contributed by atoms with Gasteiger partial charge in [-0.25, -0.2) is 4.79 Å². The molecule has 2 N–H and O–H groups in total. The summed E-state index contributed by atoms with van der Waals surface area (Å²) in [5.74, 6) is -0.592. The first-order valence-corrected chi connectivity index (χ1v) is 8.71. The zero-order chi connectivity index (χ0) is 18.8. The summed E-state index contributed by atoms with van der Waals surface area (Å²) >= 11 is 1.00. The molecule has 25 heavy (non-hydrogen) atoms. The molecule has 1 aromatic rings. The summed E-state index contributed by atoms with van der Waals surface area (Å²) in [5.41, 5.74) is 5.09. The van der Waals surface area contributed by atoms with Crippen molar-refractivity contribution in [2.75, 3.05) is 12.3 Å². The van der Waals surface area contributed by atoms with Gasteiger partial charge in [-0.05, 0) is 20.8 Å². The Bertz CT molecular complexity index is 676. The van der Waals surface area contributed by atoms with E-state index in [2.05, 4.69) is 0 Å². The number of thioether (sulfide) groups is 1.